The quantitative estimate of drug-likeness (QED) is 0.760. The van der Waals surface area contributed by atoms with Crippen molar-refractivity contribution in [1.82, 2.24) is 15.1 Å². The van der Waals surface area contributed by atoms with Gasteiger partial charge < -0.3 is 10.4 Å². The van der Waals surface area contributed by atoms with Crippen molar-refractivity contribution in [1.29, 1.82) is 0 Å². The first-order chi connectivity index (χ1) is 7.99. The van der Waals surface area contributed by atoms with Crippen LogP contribution in [0.2, 0.25) is 0 Å². The Bertz CT molecular complexity index is 329. The van der Waals surface area contributed by atoms with Crippen molar-refractivity contribution >= 4 is 0 Å². The second-order valence-corrected chi connectivity index (χ2v) is 4.99. The third-order valence-electron chi connectivity index (χ3n) is 3.38. The van der Waals surface area contributed by atoms with Crippen LogP contribution in [0.5, 0.6) is 0 Å². The van der Waals surface area contributed by atoms with E-state index in [1.54, 1.807) is 10.9 Å². The van der Waals surface area contributed by atoms with Crippen LogP contribution in [0.15, 0.2) is 12.4 Å². The van der Waals surface area contributed by atoms with Gasteiger partial charge >= 0.3 is 0 Å². The topological polar surface area (TPSA) is 50.1 Å². The highest BCUT2D eigenvalue weighted by molar-refractivity contribution is 5.14. The van der Waals surface area contributed by atoms with Crippen LogP contribution in [-0.4, -0.2) is 28.0 Å². The van der Waals surface area contributed by atoms with Gasteiger partial charge in [0.2, 0.25) is 0 Å². The number of aryl methyl sites for hydroxylation is 1. The Morgan fingerprint density at radius 3 is 2.59 bits per heavy atom. The maximum Gasteiger partial charge on any atom is 0.102 e. The number of hydrogen-bond acceptors (Lipinski definition) is 3. The van der Waals surface area contributed by atoms with Crippen LogP contribution < -0.4 is 5.32 Å². The lowest BCUT2D eigenvalue weighted by atomic mass is 9.98. The minimum atomic E-state index is -0.847. The molecule has 2 N–H and O–H groups in total. The van der Waals surface area contributed by atoms with E-state index < -0.39 is 5.60 Å². The van der Waals surface area contributed by atoms with Crippen molar-refractivity contribution in [3.8, 4) is 0 Å². The highest BCUT2D eigenvalue weighted by Gasteiger charge is 2.24. The summed E-state index contributed by atoms with van der Waals surface area (Å²) >= 11 is 0. The van der Waals surface area contributed by atoms with Crippen LogP contribution in [-0.2, 0) is 12.6 Å². The monoisotopic (exact) mass is 239 g/mol. The Hall–Kier alpha value is -0.870. The zero-order valence-electron chi connectivity index (χ0n) is 11.4. The normalized spacial score (nSPS) is 15.2. The lowest BCUT2D eigenvalue weighted by molar-refractivity contribution is 0.0558. The first kappa shape index (κ1) is 14.2. The summed E-state index contributed by atoms with van der Waals surface area (Å²) in [7, 11) is 1.86. The molecular formula is C13H25N3O. The molecule has 0 amide bonds. The minimum absolute atomic E-state index is 0.565. The summed E-state index contributed by atoms with van der Waals surface area (Å²) in [5.74, 6) is 0.694. The highest BCUT2D eigenvalue weighted by atomic mass is 16.3. The second-order valence-electron chi connectivity index (χ2n) is 4.99. The molecule has 17 heavy (non-hydrogen) atoms. The Morgan fingerprint density at radius 1 is 1.47 bits per heavy atom. The fraction of sp³-hybridized carbons (Fsp3) is 0.769. The molecule has 1 aromatic heterocycles. The number of nitrogens with one attached hydrogen (secondary N) is 1. The summed E-state index contributed by atoms with van der Waals surface area (Å²) in [4.78, 5) is 0. The van der Waals surface area contributed by atoms with Gasteiger partial charge in [0.1, 0.15) is 5.60 Å². The summed E-state index contributed by atoms with van der Waals surface area (Å²) < 4.78 is 1.71. The summed E-state index contributed by atoms with van der Waals surface area (Å²) in [6, 6.07) is 0. The summed E-state index contributed by atoms with van der Waals surface area (Å²) in [6.07, 6.45) is 5.94. The zero-order chi connectivity index (χ0) is 12.9. The van der Waals surface area contributed by atoms with Gasteiger partial charge in [0.25, 0.3) is 0 Å². The van der Waals surface area contributed by atoms with Crippen LogP contribution >= 0.6 is 0 Å². The van der Waals surface area contributed by atoms with Crippen LogP contribution in [0.4, 0.5) is 0 Å². The molecule has 1 heterocycles. The largest absolute Gasteiger partial charge is 0.384 e. The van der Waals surface area contributed by atoms with Gasteiger partial charge in [0.05, 0.1) is 6.20 Å². The maximum absolute atomic E-state index is 10.3. The molecule has 0 saturated carbocycles. The van der Waals surface area contributed by atoms with Gasteiger partial charge in [-0.15, -0.1) is 0 Å². The standard InChI is InChI=1S/C13H25N3O/c1-5-11(6-2)7-14-10-13(3,17)12-8-15-16(4)9-12/h8-9,11,14,17H,5-7,10H2,1-4H3. The van der Waals surface area contributed by atoms with E-state index in [1.807, 2.05) is 20.2 Å². The molecular weight excluding hydrogens is 214 g/mol. The van der Waals surface area contributed by atoms with Gasteiger partial charge in [-0.3, -0.25) is 4.68 Å². The first-order valence-corrected chi connectivity index (χ1v) is 6.41. The van der Waals surface area contributed by atoms with Gasteiger partial charge in [-0.25, -0.2) is 0 Å². The molecule has 0 radical (unpaired) electrons. The first-order valence-electron chi connectivity index (χ1n) is 6.41. The van der Waals surface area contributed by atoms with Crippen molar-refractivity contribution in [2.24, 2.45) is 13.0 Å². The van der Waals surface area contributed by atoms with Crippen molar-refractivity contribution < 1.29 is 5.11 Å². The molecule has 0 aromatic carbocycles. The number of hydrogen-bond donors (Lipinski definition) is 2. The Balaban J connectivity index is 2.44. The molecule has 0 aliphatic rings. The van der Waals surface area contributed by atoms with E-state index in [0.29, 0.717) is 12.5 Å². The molecule has 0 fully saturated rings. The van der Waals surface area contributed by atoms with Crippen LogP contribution in [0, 0.1) is 5.92 Å². The Kier molecular flexibility index (Phi) is 5.15. The van der Waals surface area contributed by atoms with Gasteiger partial charge in [-0.2, -0.15) is 5.10 Å². The molecule has 0 spiro atoms. The van der Waals surface area contributed by atoms with Crippen molar-refractivity contribution in [3.05, 3.63) is 18.0 Å². The molecule has 98 valence electrons. The van der Waals surface area contributed by atoms with E-state index in [2.05, 4.69) is 24.3 Å². The maximum atomic E-state index is 10.3. The van der Waals surface area contributed by atoms with Gasteiger partial charge in [-0.05, 0) is 19.4 Å². The second kappa shape index (κ2) is 6.17. The molecule has 1 aromatic rings. The molecule has 4 heteroatoms. The molecule has 1 rings (SSSR count). The van der Waals surface area contributed by atoms with E-state index in [-0.39, 0.29) is 0 Å². The van der Waals surface area contributed by atoms with Crippen molar-refractivity contribution in [2.45, 2.75) is 39.2 Å². The van der Waals surface area contributed by atoms with Crippen LogP contribution in [0.1, 0.15) is 39.2 Å². The van der Waals surface area contributed by atoms with Gasteiger partial charge in [0.15, 0.2) is 0 Å². The van der Waals surface area contributed by atoms with E-state index >= 15 is 0 Å². The van der Waals surface area contributed by atoms with Gasteiger partial charge in [0, 0.05) is 25.4 Å². The molecule has 0 aliphatic heterocycles. The van der Waals surface area contributed by atoms with E-state index in [4.69, 9.17) is 0 Å². The van der Waals surface area contributed by atoms with Crippen molar-refractivity contribution in [3.63, 3.8) is 0 Å². The van der Waals surface area contributed by atoms with Gasteiger partial charge in [-0.1, -0.05) is 26.7 Å². The smallest absolute Gasteiger partial charge is 0.102 e. The lowest BCUT2D eigenvalue weighted by Gasteiger charge is -2.24. The van der Waals surface area contributed by atoms with E-state index in [9.17, 15) is 5.11 Å². The van der Waals surface area contributed by atoms with Crippen LogP contribution in [0.25, 0.3) is 0 Å². The van der Waals surface area contributed by atoms with Crippen molar-refractivity contribution in [2.75, 3.05) is 13.1 Å². The molecule has 1 unspecified atom stereocenters. The summed E-state index contributed by atoms with van der Waals surface area (Å²) in [5.41, 5.74) is 0.0114. The molecule has 0 bridgehead atoms. The minimum Gasteiger partial charge on any atom is -0.384 e. The lowest BCUT2D eigenvalue weighted by Crippen LogP contribution is -2.37. The Labute approximate surface area is 104 Å². The number of aromatic nitrogens is 2. The number of nitrogens with zero attached hydrogens (tertiary/aromatic N) is 2. The number of aliphatic hydroxyl groups is 1. The molecule has 1 atom stereocenters. The molecule has 0 aliphatic carbocycles. The zero-order valence-corrected chi connectivity index (χ0v) is 11.4. The SMILES string of the molecule is CCC(CC)CNCC(C)(O)c1cnn(C)c1. The fourth-order valence-corrected chi connectivity index (χ4v) is 1.90. The average Bonchev–Trinajstić information content (AvgIpc) is 2.72. The highest BCUT2D eigenvalue weighted by Crippen LogP contribution is 2.18. The third-order valence-corrected chi connectivity index (χ3v) is 3.38. The summed E-state index contributed by atoms with van der Waals surface area (Å²) in [5, 5.41) is 17.8. The number of rotatable bonds is 7. The third kappa shape index (κ3) is 4.13. The molecule has 0 saturated heterocycles. The predicted molar refractivity (Wildman–Crippen MR) is 69.7 cm³/mol. The molecule has 4 nitrogen and oxygen atoms in total. The predicted octanol–water partition coefficient (Wildman–Crippen LogP) is 1.65. The fourth-order valence-electron chi connectivity index (χ4n) is 1.90. The van der Waals surface area contributed by atoms with E-state index in [0.717, 1.165) is 12.1 Å². The van der Waals surface area contributed by atoms with E-state index in [1.165, 1.54) is 12.8 Å². The average molecular weight is 239 g/mol. The summed E-state index contributed by atoms with van der Waals surface area (Å²) in [6.45, 7) is 7.76. The Morgan fingerprint density at radius 2 is 2.12 bits per heavy atom. The van der Waals surface area contributed by atoms with Crippen LogP contribution in [0.3, 0.4) is 0 Å².